The molecule has 88 valence electrons. The number of hydrogen-bond acceptors (Lipinski definition) is 2. The van der Waals surface area contributed by atoms with Crippen LogP contribution in [0.5, 0.6) is 0 Å². The summed E-state index contributed by atoms with van der Waals surface area (Å²) < 4.78 is 0. The average molecular weight is 224 g/mol. The minimum atomic E-state index is -0.862. The van der Waals surface area contributed by atoms with Gasteiger partial charge in [-0.2, -0.15) is 0 Å². The van der Waals surface area contributed by atoms with Gasteiger partial charge in [0.15, 0.2) is 0 Å². The Labute approximate surface area is 94.3 Å². The van der Waals surface area contributed by atoms with Crippen LogP contribution < -0.4 is 0 Å². The molecule has 0 aromatic carbocycles. The fourth-order valence-electron chi connectivity index (χ4n) is 1.76. The molecular formula is C12H16O4. The van der Waals surface area contributed by atoms with E-state index in [1.807, 2.05) is 13.8 Å². The summed E-state index contributed by atoms with van der Waals surface area (Å²) in [5, 5.41) is 17.5. The highest BCUT2D eigenvalue weighted by molar-refractivity contribution is 5.70. The van der Waals surface area contributed by atoms with E-state index in [0.717, 1.165) is 0 Å². The van der Waals surface area contributed by atoms with Crippen molar-refractivity contribution in [2.45, 2.75) is 26.7 Å². The van der Waals surface area contributed by atoms with Gasteiger partial charge in [-0.3, -0.25) is 9.59 Å². The predicted octanol–water partition coefficient (Wildman–Crippen LogP) is 2.07. The van der Waals surface area contributed by atoms with Gasteiger partial charge in [0.2, 0.25) is 0 Å². The van der Waals surface area contributed by atoms with Crippen LogP contribution in [0.15, 0.2) is 24.3 Å². The number of carboxylic acid groups (broad SMARTS) is 2. The Hall–Kier alpha value is -1.58. The van der Waals surface area contributed by atoms with Gasteiger partial charge in [-0.25, -0.2) is 0 Å². The Morgan fingerprint density at radius 2 is 1.12 bits per heavy atom. The summed E-state index contributed by atoms with van der Waals surface area (Å²) in [5.74, 6) is -1.72. The molecular weight excluding hydrogens is 208 g/mol. The van der Waals surface area contributed by atoms with E-state index in [2.05, 4.69) is 0 Å². The van der Waals surface area contributed by atoms with Gasteiger partial charge in [0, 0.05) is 10.8 Å². The zero-order chi connectivity index (χ0) is 12.4. The largest absolute Gasteiger partial charge is 0.481 e. The summed E-state index contributed by atoms with van der Waals surface area (Å²) in [6.45, 7) is 3.63. The Kier molecular flexibility index (Phi) is 3.21. The lowest BCUT2D eigenvalue weighted by molar-refractivity contribution is -0.139. The van der Waals surface area contributed by atoms with Crippen molar-refractivity contribution in [3.8, 4) is 0 Å². The Balaban J connectivity index is 2.78. The van der Waals surface area contributed by atoms with Gasteiger partial charge in [0.1, 0.15) is 0 Å². The van der Waals surface area contributed by atoms with Crippen molar-refractivity contribution in [1.82, 2.24) is 0 Å². The van der Waals surface area contributed by atoms with Gasteiger partial charge in [-0.05, 0) is 0 Å². The maximum atomic E-state index is 10.6. The molecule has 4 nitrogen and oxygen atoms in total. The third-order valence-corrected chi connectivity index (χ3v) is 2.75. The molecule has 0 aliphatic heterocycles. The van der Waals surface area contributed by atoms with Gasteiger partial charge in [-0.15, -0.1) is 0 Å². The first-order chi connectivity index (χ1) is 7.25. The van der Waals surface area contributed by atoms with Crippen molar-refractivity contribution in [2.24, 2.45) is 10.8 Å². The smallest absolute Gasteiger partial charge is 0.304 e. The number of rotatable bonds is 4. The van der Waals surface area contributed by atoms with Crippen LogP contribution in [0.25, 0.3) is 0 Å². The van der Waals surface area contributed by atoms with Crippen LogP contribution in [-0.4, -0.2) is 22.2 Å². The summed E-state index contributed by atoms with van der Waals surface area (Å²) in [7, 11) is 0. The van der Waals surface area contributed by atoms with E-state index in [-0.39, 0.29) is 12.8 Å². The van der Waals surface area contributed by atoms with Gasteiger partial charge in [0.05, 0.1) is 12.8 Å². The van der Waals surface area contributed by atoms with Crippen molar-refractivity contribution >= 4 is 11.9 Å². The molecule has 2 N–H and O–H groups in total. The minimum absolute atomic E-state index is 0.0170. The van der Waals surface area contributed by atoms with Crippen LogP contribution in [0.1, 0.15) is 26.7 Å². The first kappa shape index (κ1) is 12.5. The molecule has 0 amide bonds. The van der Waals surface area contributed by atoms with Crippen molar-refractivity contribution < 1.29 is 19.8 Å². The van der Waals surface area contributed by atoms with E-state index in [0.29, 0.717) is 0 Å². The van der Waals surface area contributed by atoms with Gasteiger partial charge >= 0.3 is 11.9 Å². The number of allylic oxidation sites excluding steroid dienone is 4. The van der Waals surface area contributed by atoms with Gasteiger partial charge in [0.25, 0.3) is 0 Å². The van der Waals surface area contributed by atoms with E-state index < -0.39 is 22.8 Å². The fraction of sp³-hybridized carbons (Fsp3) is 0.500. The molecule has 0 aromatic heterocycles. The van der Waals surface area contributed by atoms with Crippen LogP contribution in [0.3, 0.4) is 0 Å². The summed E-state index contributed by atoms with van der Waals surface area (Å²) in [6.07, 6.45) is 7.16. The topological polar surface area (TPSA) is 74.6 Å². The highest BCUT2D eigenvalue weighted by atomic mass is 16.4. The van der Waals surface area contributed by atoms with E-state index >= 15 is 0 Å². The molecule has 1 aliphatic carbocycles. The second kappa shape index (κ2) is 4.12. The number of aliphatic carboxylic acids is 2. The van der Waals surface area contributed by atoms with E-state index in [4.69, 9.17) is 10.2 Å². The van der Waals surface area contributed by atoms with Crippen LogP contribution in [0.2, 0.25) is 0 Å². The lowest BCUT2D eigenvalue weighted by atomic mass is 9.74. The van der Waals surface area contributed by atoms with E-state index in [1.165, 1.54) is 0 Å². The first-order valence-corrected chi connectivity index (χ1v) is 5.09. The molecule has 0 atom stereocenters. The molecule has 0 saturated carbocycles. The van der Waals surface area contributed by atoms with Crippen LogP contribution in [0.4, 0.5) is 0 Å². The second-order valence-corrected chi connectivity index (χ2v) is 4.82. The molecule has 1 aliphatic rings. The summed E-state index contributed by atoms with van der Waals surface area (Å²) in [4.78, 5) is 21.3. The monoisotopic (exact) mass is 224 g/mol. The molecule has 0 heterocycles. The lowest BCUT2D eigenvalue weighted by Crippen LogP contribution is -2.24. The molecule has 0 aromatic rings. The molecule has 4 heteroatoms. The molecule has 0 saturated heterocycles. The normalized spacial score (nSPS) is 32.6. The molecule has 16 heavy (non-hydrogen) atoms. The first-order valence-electron chi connectivity index (χ1n) is 5.09. The fourth-order valence-corrected chi connectivity index (χ4v) is 1.76. The van der Waals surface area contributed by atoms with Crippen molar-refractivity contribution in [2.75, 3.05) is 0 Å². The SMILES string of the molecule is CC1(CC(=O)O)C=CC(C)(CC(=O)O)C=C1. The average Bonchev–Trinajstić information content (AvgIpc) is 2.09. The summed E-state index contributed by atoms with van der Waals surface area (Å²) in [6, 6.07) is 0. The van der Waals surface area contributed by atoms with Gasteiger partial charge < -0.3 is 10.2 Å². The predicted molar refractivity (Wildman–Crippen MR) is 59.0 cm³/mol. The standard InChI is InChI=1S/C12H16O4/c1-11(7-9(13)14)3-5-12(2,6-4-11)8-10(15)16/h3-6H,7-8H2,1-2H3,(H,13,14)(H,15,16). The van der Waals surface area contributed by atoms with E-state index in [1.54, 1.807) is 24.3 Å². The maximum absolute atomic E-state index is 10.6. The highest BCUT2D eigenvalue weighted by Gasteiger charge is 2.30. The Bertz CT molecular complexity index is 317. The van der Waals surface area contributed by atoms with Crippen LogP contribution in [0, 0.1) is 10.8 Å². The Morgan fingerprint density at radius 1 is 0.875 bits per heavy atom. The summed E-state index contributed by atoms with van der Waals surface area (Å²) >= 11 is 0. The lowest BCUT2D eigenvalue weighted by Gasteiger charge is -2.30. The third kappa shape index (κ3) is 3.22. The molecule has 0 unspecified atom stereocenters. The number of carbonyl (C=O) groups is 2. The zero-order valence-electron chi connectivity index (χ0n) is 9.43. The highest BCUT2D eigenvalue weighted by Crippen LogP contribution is 2.37. The van der Waals surface area contributed by atoms with Crippen molar-refractivity contribution in [3.63, 3.8) is 0 Å². The molecule has 0 spiro atoms. The molecule has 0 radical (unpaired) electrons. The minimum Gasteiger partial charge on any atom is -0.481 e. The maximum Gasteiger partial charge on any atom is 0.304 e. The van der Waals surface area contributed by atoms with Crippen LogP contribution in [-0.2, 0) is 9.59 Å². The molecule has 1 rings (SSSR count). The third-order valence-electron chi connectivity index (χ3n) is 2.75. The van der Waals surface area contributed by atoms with Gasteiger partial charge in [-0.1, -0.05) is 38.2 Å². The second-order valence-electron chi connectivity index (χ2n) is 4.82. The van der Waals surface area contributed by atoms with Crippen molar-refractivity contribution in [1.29, 1.82) is 0 Å². The molecule has 0 fully saturated rings. The van der Waals surface area contributed by atoms with Crippen LogP contribution >= 0.6 is 0 Å². The summed E-state index contributed by atoms with van der Waals surface area (Å²) in [5.41, 5.74) is -1.02. The molecule has 0 bridgehead atoms. The van der Waals surface area contributed by atoms with E-state index in [9.17, 15) is 9.59 Å². The van der Waals surface area contributed by atoms with Crippen molar-refractivity contribution in [3.05, 3.63) is 24.3 Å². The zero-order valence-corrected chi connectivity index (χ0v) is 9.43. The number of carboxylic acids is 2. The number of hydrogen-bond donors (Lipinski definition) is 2. The Morgan fingerprint density at radius 3 is 1.31 bits per heavy atom. The quantitative estimate of drug-likeness (QED) is 0.717.